The number of benzene rings is 1. The summed E-state index contributed by atoms with van der Waals surface area (Å²) in [6, 6.07) is 8.02. The molecule has 0 saturated carbocycles. The van der Waals surface area contributed by atoms with Crippen molar-refractivity contribution in [3.8, 4) is 11.8 Å². The van der Waals surface area contributed by atoms with Gasteiger partial charge in [0.05, 0.1) is 12.7 Å². The average molecular weight is 276 g/mol. The van der Waals surface area contributed by atoms with Crippen molar-refractivity contribution in [2.75, 3.05) is 26.0 Å². The van der Waals surface area contributed by atoms with Crippen LogP contribution >= 0.6 is 11.8 Å². The topological polar surface area (TPSA) is 36.3 Å². The lowest BCUT2D eigenvalue weighted by molar-refractivity contribution is 0.272. The van der Waals surface area contributed by atoms with Gasteiger partial charge in [0.25, 0.3) is 0 Å². The Morgan fingerprint density at radius 3 is 3.05 bits per heavy atom. The van der Waals surface area contributed by atoms with Gasteiger partial charge in [0.2, 0.25) is 0 Å². The van der Waals surface area contributed by atoms with Crippen molar-refractivity contribution in [2.24, 2.45) is 0 Å². The third kappa shape index (κ3) is 3.65. The molecule has 1 aromatic rings. The van der Waals surface area contributed by atoms with E-state index in [9.17, 15) is 0 Å². The molecule has 19 heavy (non-hydrogen) atoms. The number of rotatable bonds is 4. The molecule has 0 spiro atoms. The summed E-state index contributed by atoms with van der Waals surface area (Å²) in [6.45, 7) is 5.50. The second-order valence-corrected chi connectivity index (χ2v) is 6.19. The van der Waals surface area contributed by atoms with Gasteiger partial charge in [-0.15, -0.1) is 0 Å². The van der Waals surface area contributed by atoms with Gasteiger partial charge in [-0.3, -0.25) is 4.90 Å². The largest absolute Gasteiger partial charge is 0.495 e. The van der Waals surface area contributed by atoms with Gasteiger partial charge in [-0.1, -0.05) is 13.0 Å². The molecule has 3 nitrogen and oxygen atoms in total. The Bertz CT molecular complexity index is 470. The summed E-state index contributed by atoms with van der Waals surface area (Å²) in [4.78, 5) is 2.49. The number of ether oxygens (including phenoxy) is 1. The van der Waals surface area contributed by atoms with E-state index in [0.717, 1.165) is 24.9 Å². The molecule has 1 aliphatic rings. The monoisotopic (exact) mass is 276 g/mol. The van der Waals surface area contributed by atoms with Gasteiger partial charge >= 0.3 is 0 Å². The Kier molecular flexibility index (Phi) is 5.12. The van der Waals surface area contributed by atoms with Crippen LogP contribution in [-0.2, 0) is 6.54 Å². The Morgan fingerprint density at radius 1 is 1.53 bits per heavy atom. The van der Waals surface area contributed by atoms with Gasteiger partial charge in [0.15, 0.2) is 0 Å². The number of methoxy groups -OCH3 is 1. The summed E-state index contributed by atoms with van der Waals surface area (Å²) in [5, 5.41) is 9.74. The summed E-state index contributed by atoms with van der Waals surface area (Å²) >= 11 is 2.08. The Hall–Kier alpha value is -1.18. The van der Waals surface area contributed by atoms with E-state index in [2.05, 4.69) is 29.7 Å². The van der Waals surface area contributed by atoms with Crippen molar-refractivity contribution < 1.29 is 4.74 Å². The first-order chi connectivity index (χ1) is 9.26. The minimum Gasteiger partial charge on any atom is -0.495 e. The summed E-state index contributed by atoms with van der Waals surface area (Å²) in [7, 11) is 1.62. The zero-order valence-corrected chi connectivity index (χ0v) is 12.4. The predicted octanol–water partition coefficient (Wildman–Crippen LogP) is 2.89. The van der Waals surface area contributed by atoms with E-state index in [1.54, 1.807) is 7.11 Å². The average Bonchev–Trinajstić information content (AvgIpc) is 2.47. The molecule has 0 N–H and O–H groups in total. The molecular formula is C15H20N2OS. The molecule has 1 heterocycles. The lowest BCUT2D eigenvalue weighted by Gasteiger charge is -2.31. The molecule has 4 heteroatoms. The van der Waals surface area contributed by atoms with Crippen LogP contribution in [0.5, 0.6) is 5.75 Å². The molecule has 0 aliphatic carbocycles. The van der Waals surface area contributed by atoms with Crippen LogP contribution in [0, 0.1) is 11.3 Å². The van der Waals surface area contributed by atoms with Crippen LogP contribution in [-0.4, -0.2) is 36.1 Å². The van der Waals surface area contributed by atoms with Crippen molar-refractivity contribution in [2.45, 2.75) is 25.1 Å². The highest BCUT2D eigenvalue weighted by Crippen LogP contribution is 2.24. The maximum absolute atomic E-state index is 8.99. The summed E-state index contributed by atoms with van der Waals surface area (Å²) in [5.41, 5.74) is 1.82. The summed E-state index contributed by atoms with van der Waals surface area (Å²) in [6.07, 6.45) is 1.23. The van der Waals surface area contributed by atoms with Crippen LogP contribution in [0.1, 0.15) is 24.5 Å². The van der Waals surface area contributed by atoms with Crippen LogP contribution in [0.2, 0.25) is 0 Å². The second-order valence-electron chi connectivity index (χ2n) is 4.78. The van der Waals surface area contributed by atoms with Crippen molar-refractivity contribution in [1.29, 1.82) is 5.26 Å². The second kappa shape index (κ2) is 6.83. The fourth-order valence-electron chi connectivity index (χ4n) is 2.36. The molecule has 1 aliphatic heterocycles. The first-order valence-corrected chi connectivity index (χ1v) is 7.72. The van der Waals surface area contributed by atoms with Crippen LogP contribution in [0.25, 0.3) is 0 Å². The van der Waals surface area contributed by atoms with Crippen molar-refractivity contribution in [1.82, 2.24) is 4.90 Å². The minimum atomic E-state index is 0.604. The van der Waals surface area contributed by atoms with Crippen LogP contribution < -0.4 is 4.74 Å². The smallest absolute Gasteiger partial charge is 0.136 e. The van der Waals surface area contributed by atoms with E-state index in [-0.39, 0.29) is 0 Å². The molecular weight excluding hydrogens is 256 g/mol. The van der Waals surface area contributed by atoms with Crippen LogP contribution in [0.3, 0.4) is 0 Å². The first kappa shape index (κ1) is 14.2. The van der Waals surface area contributed by atoms with Gasteiger partial charge in [-0.2, -0.15) is 17.0 Å². The van der Waals surface area contributed by atoms with Crippen molar-refractivity contribution >= 4 is 11.8 Å². The van der Waals surface area contributed by atoms with Crippen molar-refractivity contribution in [3.63, 3.8) is 0 Å². The quantitative estimate of drug-likeness (QED) is 0.847. The maximum Gasteiger partial charge on any atom is 0.136 e. The van der Waals surface area contributed by atoms with Gasteiger partial charge in [-0.25, -0.2) is 0 Å². The zero-order chi connectivity index (χ0) is 13.7. The molecule has 0 aromatic heterocycles. The molecule has 1 aromatic carbocycles. The van der Waals surface area contributed by atoms with Crippen molar-refractivity contribution in [3.05, 3.63) is 29.3 Å². The molecule has 102 valence electrons. The molecule has 0 amide bonds. The van der Waals surface area contributed by atoms with E-state index in [1.807, 2.05) is 18.2 Å². The van der Waals surface area contributed by atoms with E-state index < -0.39 is 0 Å². The Balaban J connectivity index is 2.05. The van der Waals surface area contributed by atoms with E-state index in [0.29, 0.717) is 11.3 Å². The highest BCUT2D eigenvalue weighted by atomic mass is 32.2. The molecule has 0 radical (unpaired) electrons. The van der Waals surface area contributed by atoms with E-state index in [4.69, 9.17) is 10.00 Å². The van der Waals surface area contributed by atoms with E-state index >= 15 is 0 Å². The van der Waals surface area contributed by atoms with Crippen LogP contribution in [0.4, 0.5) is 0 Å². The normalized spacial score (nSPS) is 19.9. The summed E-state index contributed by atoms with van der Waals surface area (Å²) in [5.74, 6) is 1.89. The zero-order valence-electron chi connectivity index (χ0n) is 11.6. The van der Waals surface area contributed by atoms with E-state index in [1.165, 1.54) is 17.7 Å². The van der Waals surface area contributed by atoms with Gasteiger partial charge < -0.3 is 4.74 Å². The Labute approximate surface area is 119 Å². The third-order valence-electron chi connectivity index (χ3n) is 3.47. The number of nitrogens with zero attached hydrogens (tertiary/aromatic N) is 2. The molecule has 1 fully saturated rings. The molecule has 0 bridgehead atoms. The van der Waals surface area contributed by atoms with Gasteiger partial charge in [-0.05, 0) is 24.1 Å². The first-order valence-electron chi connectivity index (χ1n) is 6.67. The highest BCUT2D eigenvalue weighted by molar-refractivity contribution is 8.00. The predicted molar refractivity (Wildman–Crippen MR) is 79.5 cm³/mol. The fourth-order valence-corrected chi connectivity index (χ4v) is 3.60. The number of hydrogen-bond donors (Lipinski definition) is 0. The molecule has 2 rings (SSSR count). The maximum atomic E-state index is 8.99. The standard InChI is InChI=1S/C15H20N2OS/c1-3-14-11-17(6-7-19-14)10-12-4-5-13(9-16)15(8-12)18-2/h4-5,8,14H,3,6-7,10-11H2,1-2H3. The number of hydrogen-bond acceptors (Lipinski definition) is 4. The van der Waals surface area contributed by atoms with Gasteiger partial charge in [0, 0.05) is 30.6 Å². The lowest BCUT2D eigenvalue weighted by Crippen LogP contribution is -2.37. The number of thioether (sulfide) groups is 1. The lowest BCUT2D eigenvalue weighted by atomic mass is 10.1. The number of nitriles is 1. The van der Waals surface area contributed by atoms with Crippen LogP contribution in [0.15, 0.2) is 18.2 Å². The third-order valence-corrected chi connectivity index (χ3v) is 4.84. The highest BCUT2D eigenvalue weighted by Gasteiger charge is 2.19. The summed E-state index contributed by atoms with van der Waals surface area (Å²) < 4.78 is 5.26. The SMILES string of the molecule is CCC1CN(Cc2ccc(C#N)c(OC)c2)CCS1. The fraction of sp³-hybridized carbons (Fsp3) is 0.533. The minimum absolute atomic E-state index is 0.604. The Morgan fingerprint density at radius 2 is 2.37 bits per heavy atom. The van der Waals surface area contributed by atoms with Gasteiger partial charge in [0.1, 0.15) is 11.8 Å². The molecule has 1 atom stereocenters. The molecule has 1 unspecified atom stereocenters. The molecule has 1 saturated heterocycles.